The number of hydrogen-bond donors (Lipinski definition) is 3. The van der Waals surface area contributed by atoms with Crippen LogP contribution in [0.4, 0.5) is 4.79 Å². The Balaban J connectivity index is 1.07. The SMILES string of the molecule is O=C(NC1C2CC3CC1CC(O)(C3)C2)c1ccc2c(c1)ncn2CCNC(=O)N1CCOCC1. The lowest BCUT2D eigenvalue weighted by molar-refractivity contribution is -0.136. The third-order valence-electron chi connectivity index (χ3n) is 8.35. The smallest absolute Gasteiger partial charge is 0.317 e. The first-order valence-corrected chi connectivity index (χ1v) is 12.6. The minimum atomic E-state index is -0.495. The number of rotatable bonds is 5. The van der Waals surface area contributed by atoms with Crippen LogP contribution in [0.15, 0.2) is 24.5 Å². The van der Waals surface area contributed by atoms with Crippen molar-refractivity contribution < 1.29 is 19.4 Å². The van der Waals surface area contributed by atoms with Gasteiger partial charge < -0.3 is 29.9 Å². The quantitative estimate of drug-likeness (QED) is 0.621. The van der Waals surface area contributed by atoms with Crippen molar-refractivity contribution in [3.05, 3.63) is 30.1 Å². The molecule has 4 bridgehead atoms. The second-order valence-corrected chi connectivity index (χ2v) is 10.7. The average molecular weight is 468 g/mol. The van der Waals surface area contributed by atoms with Crippen molar-refractivity contribution in [3.8, 4) is 0 Å². The van der Waals surface area contributed by atoms with Crippen LogP contribution in [-0.2, 0) is 11.3 Å². The predicted octanol–water partition coefficient (Wildman–Crippen LogP) is 1.75. The minimum Gasteiger partial charge on any atom is -0.390 e. The predicted molar refractivity (Wildman–Crippen MR) is 125 cm³/mol. The highest BCUT2D eigenvalue weighted by atomic mass is 16.5. The molecule has 1 aliphatic heterocycles. The highest BCUT2D eigenvalue weighted by molar-refractivity contribution is 5.97. The molecule has 0 radical (unpaired) electrons. The highest BCUT2D eigenvalue weighted by Gasteiger charge is 2.55. The molecule has 1 aromatic carbocycles. The maximum Gasteiger partial charge on any atom is 0.317 e. The Bertz CT molecular complexity index is 1080. The van der Waals surface area contributed by atoms with Gasteiger partial charge in [-0.25, -0.2) is 9.78 Å². The number of hydrogen-bond acceptors (Lipinski definition) is 5. The molecule has 5 fully saturated rings. The molecule has 5 aliphatic rings. The molecule has 4 aliphatic carbocycles. The van der Waals surface area contributed by atoms with Crippen LogP contribution >= 0.6 is 0 Å². The number of fused-ring (bicyclic) bond motifs is 1. The molecule has 2 aromatic rings. The zero-order valence-corrected chi connectivity index (χ0v) is 19.4. The van der Waals surface area contributed by atoms with Crippen LogP contribution in [0.3, 0.4) is 0 Å². The van der Waals surface area contributed by atoms with Gasteiger partial charge in [0.1, 0.15) is 0 Å². The Morgan fingerprint density at radius 1 is 1.15 bits per heavy atom. The molecule has 7 rings (SSSR count). The summed E-state index contributed by atoms with van der Waals surface area (Å²) < 4.78 is 7.28. The first kappa shape index (κ1) is 21.9. The van der Waals surface area contributed by atoms with Gasteiger partial charge >= 0.3 is 6.03 Å². The van der Waals surface area contributed by atoms with Gasteiger partial charge in [-0.15, -0.1) is 0 Å². The van der Waals surface area contributed by atoms with Crippen molar-refractivity contribution in [1.82, 2.24) is 25.1 Å². The van der Waals surface area contributed by atoms with Gasteiger partial charge in [0.2, 0.25) is 0 Å². The molecule has 34 heavy (non-hydrogen) atoms. The van der Waals surface area contributed by atoms with Crippen molar-refractivity contribution >= 4 is 23.0 Å². The van der Waals surface area contributed by atoms with Crippen LogP contribution in [0, 0.1) is 17.8 Å². The van der Waals surface area contributed by atoms with E-state index in [0.717, 1.165) is 43.1 Å². The first-order chi connectivity index (χ1) is 16.5. The fourth-order valence-corrected chi connectivity index (χ4v) is 7.00. The third-order valence-corrected chi connectivity index (χ3v) is 8.35. The van der Waals surface area contributed by atoms with Crippen LogP contribution in [0.25, 0.3) is 11.0 Å². The van der Waals surface area contributed by atoms with E-state index in [1.165, 1.54) is 0 Å². The molecule has 9 heteroatoms. The monoisotopic (exact) mass is 467 g/mol. The van der Waals surface area contributed by atoms with Gasteiger partial charge in [-0.05, 0) is 68.1 Å². The van der Waals surface area contributed by atoms with Crippen LogP contribution in [0.1, 0.15) is 42.5 Å². The largest absolute Gasteiger partial charge is 0.390 e. The van der Waals surface area contributed by atoms with Gasteiger partial charge in [0.15, 0.2) is 0 Å². The first-order valence-electron chi connectivity index (χ1n) is 12.6. The summed E-state index contributed by atoms with van der Waals surface area (Å²) in [6.45, 7) is 3.51. The van der Waals surface area contributed by atoms with Crippen LogP contribution in [-0.4, -0.2) is 76.0 Å². The molecular formula is C25H33N5O4. The molecule has 2 atom stereocenters. The number of aliphatic hydroxyl groups is 1. The Morgan fingerprint density at radius 3 is 2.65 bits per heavy atom. The molecule has 9 nitrogen and oxygen atoms in total. The van der Waals surface area contributed by atoms with E-state index in [1.54, 1.807) is 11.2 Å². The zero-order chi connectivity index (χ0) is 23.3. The topological polar surface area (TPSA) is 109 Å². The van der Waals surface area contributed by atoms with Gasteiger partial charge in [-0.1, -0.05) is 0 Å². The van der Waals surface area contributed by atoms with Crippen molar-refractivity contribution in [1.29, 1.82) is 0 Å². The Morgan fingerprint density at radius 2 is 1.91 bits per heavy atom. The van der Waals surface area contributed by atoms with Gasteiger partial charge in [-0.3, -0.25) is 4.79 Å². The standard InChI is InChI=1S/C25H33N5O4/c31-23(28-22-18-9-16-10-19(22)14-25(33,12-16)13-18)17-1-2-21-20(11-17)27-15-30(21)4-3-26-24(32)29-5-7-34-8-6-29/h1-2,11,15-16,18-19,22,33H,3-10,12-14H2,(H,26,32)(H,28,31). The molecule has 1 saturated heterocycles. The second-order valence-electron chi connectivity index (χ2n) is 10.7. The highest BCUT2D eigenvalue weighted by Crippen LogP contribution is 2.55. The summed E-state index contributed by atoms with van der Waals surface area (Å²) in [5, 5.41) is 17.1. The number of imidazole rings is 1. The molecule has 2 heterocycles. The van der Waals surface area contributed by atoms with Gasteiger partial charge in [0.05, 0.1) is 36.2 Å². The summed E-state index contributed by atoms with van der Waals surface area (Å²) in [4.78, 5) is 31.6. The fourth-order valence-electron chi connectivity index (χ4n) is 7.00. The summed E-state index contributed by atoms with van der Waals surface area (Å²) in [6, 6.07) is 5.72. The van der Waals surface area contributed by atoms with Crippen molar-refractivity contribution in [2.75, 3.05) is 32.8 Å². The fraction of sp³-hybridized carbons (Fsp3) is 0.640. The molecule has 2 unspecified atom stereocenters. The lowest BCUT2D eigenvalue weighted by Gasteiger charge is -2.58. The van der Waals surface area contributed by atoms with E-state index in [2.05, 4.69) is 15.6 Å². The summed E-state index contributed by atoms with van der Waals surface area (Å²) >= 11 is 0. The van der Waals surface area contributed by atoms with Crippen LogP contribution in [0.2, 0.25) is 0 Å². The van der Waals surface area contributed by atoms with Crippen LogP contribution in [0.5, 0.6) is 0 Å². The summed E-state index contributed by atoms with van der Waals surface area (Å²) in [5.74, 6) is 1.33. The van der Waals surface area contributed by atoms with E-state index >= 15 is 0 Å². The number of morpholine rings is 1. The lowest BCUT2D eigenvalue weighted by atomic mass is 9.52. The zero-order valence-electron chi connectivity index (χ0n) is 19.4. The Labute approximate surface area is 198 Å². The van der Waals surface area contributed by atoms with E-state index in [0.29, 0.717) is 62.7 Å². The van der Waals surface area contributed by atoms with Crippen molar-refractivity contribution in [2.45, 2.75) is 50.3 Å². The molecule has 3 amide bonds. The molecule has 4 saturated carbocycles. The van der Waals surface area contributed by atoms with E-state index in [-0.39, 0.29) is 18.0 Å². The molecule has 0 spiro atoms. The summed E-state index contributed by atoms with van der Waals surface area (Å²) in [7, 11) is 0. The van der Waals surface area contributed by atoms with E-state index in [9.17, 15) is 14.7 Å². The average Bonchev–Trinajstić information content (AvgIpc) is 3.23. The number of amides is 3. The van der Waals surface area contributed by atoms with E-state index < -0.39 is 5.60 Å². The number of urea groups is 1. The lowest BCUT2D eigenvalue weighted by Crippen LogP contribution is -2.61. The summed E-state index contributed by atoms with van der Waals surface area (Å²) in [5.41, 5.74) is 1.83. The number of nitrogens with one attached hydrogen (secondary N) is 2. The molecule has 3 N–H and O–H groups in total. The normalized spacial score (nSPS) is 32.2. The number of carbonyl (C=O) groups is 2. The summed E-state index contributed by atoms with van der Waals surface area (Å²) in [6.07, 6.45) is 6.57. The molecular weight excluding hydrogens is 434 g/mol. The Kier molecular flexibility index (Phi) is 5.49. The number of aromatic nitrogens is 2. The number of benzene rings is 1. The van der Waals surface area contributed by atoms with Gasteiger partial charge in [-0.2, -0.15) is 0 Å². The van der Waals surface area contributed by atoms with Crippen LogP contribution < -0.4 is 10.6 Å². The van der Waals surface area contributed by atoms with E-state index in [1.807, 2.05) is 22.8 Å². The second kappa shape index (κ2) is 8.53. The Hall–Kier alpha value is -2.65. The van der Waals surface area contributed by atoms with Crippen molar-refractivity contribution in [3.63, 3.8) is 0 Å². The van der Waals surface area contributed by atoms with Crippen molar-refractivity contribution in [2.24, 2.45) is 17.8 Å². The molecule has 182 valence electrons. The molecule has 1 aromatic heterocycles. The number of ether oxygens (including phenoxy) is 1. The number of carbonyl (C=O) groups excluding carboxylic acids is 2. The minimum absolute atomic E-state index is 0.0568. The maximum atomic E-state index is 13.1. The van der Waals surface area contributed by atoms with Gasteiger partial charge in [0, 0.05) is 37.8 Å². The third kappa shape index (κ3) is 4.05. The van der Waals surface area contributed by atoms with Gasteiger partial charge in [0.25, 0.3) is 5.91 Å². The maximum absolute atomic E-state index is 13.1. The number of nitrogens with zero attached hydrogens (tertiary/aromatic N) is 3. The van der Waals surface area contributed by atoms with E-state index in [4.69, 9.17) is 4.74 Å².